The molecule has 1 aliphatic carbocycles. The van der Waals surface area contributed by atoms with E-state index in [0.29, 0.717) is 5.92 Å². The van der Waals surface area contributed by atoms with Gasteiger partial charge in [-0.25, -0.2) is 0 Å². The van der Waals surface area contributed by atoms with Crippen LogP contribution >= 0.6 is 0 Å². The molecular weight excluding hydrogens is 203 g/mol. The van der Waals surface area contributed by atoms with Crippen LogP contribution in [0.1, 0.15) is 46.0 Å². The quantitative estimate of drug-likeness (QED) is 0.688. The average Bonchev–Trinajstić information content (AvgIpc) is 2.01. The largest absolute Gasteiger partial charge is 0.302 e. The molecule has 0 aliphatic heterocycles. The van der Waals surface area contributed by atoms with Crippen LogP contribution in [0.25, 0.3) is 0 Å². The Morgan fingerprint density at radius 1 is 1.21 bits per heavy atom. The number of rotatable bonds is 3. The first-order valence-corrected chi connectivity index (χ1v) is 6.79. The molecule has 1 fully saturated rings. The minimum Gasteiger partial charge on any atom is -0.195 e. The van der Waals surface area contributed by atoms with E-state index in [0.717, 1.165) is 25.7 Å². The Kier molecular flexibility index (Phi) is 3.56. The van der Waals surface area contributed by atoms with Gasteiger partial charge < -0.3 is 0 Å². The third kappa shape index (κ3) is 3.56. The predicted octanol–water partition coefficient (Wildman–Crippen LogP) is 2.89. The summed E-state index contributed by atoms with van der Waals surface area (Å²) < 4.78 is 33.9. The van der Waals surface area contributed by atoms with Crippen molar-refractivity contribution < 1.29 is 12.3 Å². The Labute approximate surface area is 86.1 Å². The first-order valence-electron chi connectivity index (χ1n) is 5.24. The van der Waals surface area contributed by atoms with Crippen LogP contribution in [0.4, 0.5) is 3.89 Å². The molecule has 0 aromatic heterocycles. The fourth-order valence-electron chi connectivity index (χ4n) is 2.45. The SMILES string of the molecule is CC(C)(CS(=O)(=O)F)C1CCCCC1. The molecule has 0 unspecified atom stereocenters. The number of hydrogen-bond donors (Lipinski definition) is 0. The smallest absolute Gasteiger partial charge is 0.195 e. The zero-order valence-corrected chi connectivity index (χ0v) is 9.74. The summed E-state index contributed by atoms with van der Waals surface area (Å²) in [6, 6.07) is 0. The van der Waals surface area contributed by atoms with Crippen LogP contribution in [0.3, 0.4) is 0 Å². The maximum Gasteiger partial charge on any atom is 0.302 e. The Bertz CT molecular complexity index is 276. The molecule has 84 valence electrons. The van der Waals surface area contributed by atoms with Gasteiger partial charge in [-0.1, -0.05) is 33.1 Å². The molecule has 1 rings (SSSR count). The molecular formula is C10H19FO2S. The van der Waals surface area contributed by atoms with Gasteiger partial charge in [0.05, 0.1) is 5.75 Å². The molecule has 0 heterocycles. The Morgan fingerprint density at radius 2 is 1.71 bits per heavy atom. The van der Waals surface area contributed by atoms with Crippen molar-refractivity contribution in [3.63, 3.8) is 0 Å². The van der Waals surface area contributed by atoms with E-state index >= 15 is 0 Å². The van der Waals surface area contributed by atoms with Crippen molar-refractivity contribution in [2.75, 3.05) is 5.75 Å². The van der Waals surface area contributed by atoms with Crippen LogP contribution in [0.15, 0.2) is 0 Å². The van der Waals surface area contributed by atoms with Crippen LogP contribution in [0.5, 0.6) is 0 Å². The topological polar surface area (TPSA) is 34.1 Å². The highest BCUT2D eigenvalue weighted by Gasteiger charge is 2.34. The third-order valence-corrected chi connectivity index (χ3v) is 4.34. The van der Waals surface area contributed by atoms with Gasteiger partial charge in [0, 0.05) is 0 Å². The van der Waals surface area contributed by atoms with Gasteiger partial charge in [0.1, 0.15) is 0 Å². The van der Waals surface area contributed by atoms with Gasteiger partial charge in [-0.15, -0.1) is 3.89 Å². The molecule has 0 amide bonds. The summed E-state index contributed by atoms with van der Waals surface area (Å²) in [6.45, 7) is 3.72. The van der Waals surface area contributed by atoms with E-state index in [1.807, 2.05) is 13.8 Å². The maximum absolute atomic E-state index is 12.6. The maximum atomic E-state index is 12.6. The molecule has 2 nitrogen and oxygen atoms in total. The van der Waals surface area contributed by atoms with Crippen LogP contribution < -0.4 is 0 Å². The summed E-state index contributed by atoms with van der Waals surface area (Å²) in [5.74, 6) is 0.0341. The lowest BCUT2D eigenvalue weighted by molar-refractivity contribution is 0.181. The molecule has 1 aliphatic rings. The molecule has 1 saturated carbocycles. The van der Waals surface area contributed by atoms with Crippen LogP contribution in [0, 0.1) is 11.3 Å². The molecule has 14 heavy (non-hydrogen) atoms. The van der Waals surface area contributed by atoms with Crippen LogP contribution in [0.2, 0.25) is 0 Å². The van der Waals surface area contributed by atoms with Gasteiger partial charge >= 0.3 is 10.2 Å². The second kappa shape index (κ2) is 4.17. The average molecular weight is 222 g/mol. The normalized spacial score (nSPS) is 21.1. The van der Waals surface area contributed by atoms with Gasteiger partial charge in [-0.2, -0.15) is 8.42 Å². The summed E-state index contributed by atoms with van der Waals surface area (Å²) in [4.78, 5) is 0. The van der Waals surface area contributed by atoms with E-state index < -0.39 is 15.6 Å². The summed E-state index contributed by atoms with van der Waals surface area (Å²) in [5, 5.41) is 0. The fraction of sp³-hybridized carbons (Fsp3) is 1.00. The van der Waals surface area contributed by atoms with Gasteiger partial charge in [0.15, 0.2) is 0 Å². The summed E-state index contributed by atoms with van der Waals surface area (Å²) >= 11 is 0. The first kappa shape index (κ1) is 12.0. The van der Waals surface area contributed by atoms with Gasteiger partial charge in [-0.3, -0.25) is 0 Å². The van der Waals surface area contributed by atoms with E-state index in [2.05, 4.69) is 0 Å². The lowest BCUT2D eigenvalue weighted by Crippen LogP contribution is -2.32. The van der Waals surface area contributed by atoms with Gasteiger partial charge in [-0.05, 0) is 24.2 Å². The number of halogens is 1. The zero-order chi connectivity index (χ0) is 10.8. The van der Waals surface area contributed by atoms with Crippen LogP contribution in [-0.4, -0.2) is 14.2 Å². The van der Waals surface area contributed by atoms with Crippen molar-refractivity contribution in [1.82, 2.24) is 0 Å². The van der Waals surface area contributed by atoms with Crippen molar-refractivity contribution in [3.8, 4) is 0 Å². The van der Waals surface area contributed by atoms with E-state index in [-0.39, 0.29) is 5.75 Å². The summed E-state index contributed by atoms with van der Waals surface area (Å²) in [7, 11) is -4.33. The summed E-state index contributed by atoms with van der Waals surface area (Å²) in [5.41, 5.74) is -0.409. The van der Waals surface area contributed by atoms with Crippen molar-refractivity contribution in [2.45, 2.75) is 46.0 Å². The van der Waals surface area contributed by atoms with E-state index in [4.69, 9.17) is 0 Å². The molecule has 0 bridgehead atoms. The van der Waals surface area contributed by atoms with Crippen molar-refractivity contribution >= 4 is 10.2 Å². The number of hydrogen-bond acceptors (Lipinski definition) is 2. The van der Waals surface area contributed by atoms with Crippen molar-refractivity contribution in [3.05, 3.63) is 0 Å². The molecule has 0 aromatic carbocycles. The highest BCUT2D eigenvalue weighted by Crippen LogP contribution is 2.39. The van der Waals surface area contributed by atoms with E-state index in [1.54, 1.807) is 0 Å². The highest BCUT2D eigenvalue weighted by molar-refractivity contribution is 7.86. The minimum absolute atomic E-state index is 0.329. The molecule has 0 atom stereocenters. The minimum atomic E-state index is -4.33. The zero-order valence-electron chi connectivity index (χ0n) is 8.92. The fourth-order valence-corrected chi connectivity index (χ4v) is 3.57. The molecule has 0 spiro atoms. The van der Waals surface area contributed by atoms with Crippen LogP contribution in [-0.2, 0) is 10.2 Å². The molecule has 4 heteroatoms. The second-order valence-corrected chi connectivity index (χ2v) is 6.37. The molecule has 0 aromatic rings. The Morgan fingerprint density at radius 3 is 2.14 bits per heavy atom. The Balaban J connectivity index is 2.63. The highest BCUT2D eigenvalue weighted by atomic mass is 32.3. The monoisotopic (exact) mass is 222 g/mol. The molecule has 0 radical (unpaired) electrons. The van der Waals surface area contributed by atoms with E-state index in [9.17, 15) is 12.3 Å². The lowest BCUT2D eigenvalue weighted by Gasteiger charge is -2.35. The van der Waals surface area contributed by atoms with Gasteiger partial charge in [0.2, 0.25) is 0 Å². The van der Waals surface area contributed by atoms with Crippen molar-refractivity contribution in [1.29, 1.82) is 0 Å². The Hall–Kier alpha value is -0.120. The lowest BCUT2D eigenvalue weighted by atomic mass is 9.72. The van der Waals surface area contributed by atoms with Crippen molar-refractivity contribution in [2.24, 2.45) is 11.3 Å². The molecule has 0 saturated heterocycles. The molecule has 0 N–H and O–H groups in total. The standard InChI is InChI=1S/C10H19FO2S/c1-10(2,8-14(11,12)13)9-6-4-3-5-7-9/h9H,3-8H2,1-2H3. The predicted molar refractivity (Wildman–Crippen MR) is 55.3 cm³/mol. The first-order chi connectivity index (χ1) is 6.31. The second-order valence-electron chi connectivity index (χ2n) is 5.01. The van der Waals surface area contributed by atoms with E-state index in [1.165, 1.54) is 6.42 Å². The van der Waals surface area contributed by atoms with Gasteiger partial charge in [0.25, 0.3) is 0 Å². The third-order valence-electron chi connectivity index (χ3n) is 3.25. The summed E-state index contributed by atoms with van der Waals surface area (Å²) in [6.07, 6.45) is 5.63.